The van der Waals surface area contributed by atoms with E-state index in [1.165, 1.54) is 15.9 Å². The summed E-state index contributed by atoms with van der Waals surface area (Å²) in [6, 6.07) is -0.919. The molecule has 0 spiro atoms. The average molecular weight is 466 g/mol. The Kier molecular flexibility index (Phi) is 6.68. The quantitative estimate of drug-likeness (QED) is 0.634. The summed E-state index contributed by atoms with van der Waals surface area (Å²) in [5.41, 5.74) is 7.16. The minimum atomic E-state index is -0.869. The minimum Gasteiger partial charge on any atom is -0.443 e. The molecule has 11 heteroatoms. The summed E-state index contributed by atoms with van der Waals surface area (Å²) in [6.07, 6.45) is 2.53. The molecule has 2 aromatic heterocycles. The number of fused-ring (bicyclic) bond motifs is 1. The standard InChI is InChI=1S/C21H31N5O5S/c1-6-7-10-24-17-15(16(27)26(20(24)30)13-8-9-13)12(2)14(32-17)11-25(18(22)28)23-19(29)31-21(3,4)5/h13H,6-11H2,1-5H3,(H2,22,28)(H,23,29). The number of unbranched alkanes of at least 4 members (excludes halogenated alkanes) is 1. The van der Waals surface area contributed by atoms with Gasteiger partial charge in [-0.15, -0.1) is 11.3 Å². The van der Waals surface area contributed by atoms with Gasteiger partial charge in [0, 0.05) is 17.5 Å². The van der Waals surface area contributed by atoms with Crippen LogP contribution in [-0.2, 0) is 17.8 Å². The van der Waals surface area contributed by atoms with Crippen LogP contribution in [0.1, 0.15) is 69.9 Å². The Bertz CT molecular complexity index is 1150. The lowest BCUT2D eigenvalue weighted by molar-refractivity contribution is 0.0376. The van der Waals surface area contributed by atoms with Crippen LogP contribution in [0.3, 0.4) is 0 Å². The van der Waals surface area contributed by atoms with Crippen molar-refractivity contribution < 1.29 is 14.3 Å². The summed E-state index contributed by atoms with van der Waals surface area (Å²) in [7, 11) is 0. The van der Waals surface area contributed by atoms with Crippen LogP contribution >= 0.6 is 11.3 Å². The molecule has 2 heterocycles. The number of carbonyl (C=O) groups excluding carboxylic acids is 2. The monoisotopic (exact) mass is 465 g/mol. The van der Waals surface area contributed by atoms with Gasteiger partial charge in [0.2, 0.25) is 0 Å². The van der Waals surface area contributed by atoms with Crippen molar-refractivity contribution in [3.05, 3.63) is 31.3 Å². The van der Waals surface area contributed by atoms with E-state index in [0.717, 1.165) is 30.7 Å². The molecule has 3 amide bonds. The molecule has 0 unspecified atom stereocenters. The van der Waals surface area contributed by atoms with Gasteiger partial charge in [-0.1, -0.05) is 13.3 Å². The number of hydrogen-bond donors (Lipinski definition) is 2. The van der Waals surface area contributed by atoms with Crippen molar-refractivity contribution in [1.29, 1.82) is 0 Å². The molecule has 0 aliphatic heterocycles. The first-order valence-corrected chi connectivity index (χ1v) is 11.6. The van der Waals surface area contributed by atoms with Crippen LogP contribution < -0.4 is 22.4 Å². The van der Waals surface area contributed by atoms with Gasteiger partial charge in [-0.3, -0.25) is 13.9 Å². The molecular formula is C21H31N5O5S. The van der Waals surface area contributed by atoms with Gasteiger partial charge in [-0.05, 0) is 52.5 Å². The maximum Gasteiger partial charge on any atom is 0.426 e. The number of nitrogens with one attached hydrogen (secondary N) is 1. The van der Waals surface area contributed by atoms with Gasteiger partial charge in [0.05, 0.1) is 11.9 Å². The third kappa shape index (κ3) is 4.98. The second-order valence-electron chi connectivity index (χ2n) is 9.06. The number of nitrogens with two attached hydrogens (primary N) is 1. The van der Waals surface area contributed by atoms with E-state index >= 15 is 0 Å². The molecular weight excluding hydrogens is 434 g/mol. The Morgan fingerprint density at radius 2 is 1.94 bits per heavy atom. The number of rotatable bonds is 6. The first-order chi connectivity index (χ1) is 14.9. The lowest BCUT2D eigenvalue weighted by Crippen LogP contribution is -2.49. The van der Waals surface area contributed by atoms with Crippen molar-refractivity contribution >= 4 is 33.7 Å². The first-order valence-electron chi connectivity index (χ1n) is 10.8. The fourth-order valence-electron chi connectivity index (χ4n) is 3.46. The van der Waals surface area contributed by atoms with E-state index in [1.54, 1.807) is 32.3 Å². The lowest BCUT2D eigenvalue weighted by Gasteiger charge is -2.24. The second-order valence-corrected chi connectivity index (χ2v) is 10.1. The van der Waals surface area contributed by atoms with Gasteiger partial charge >= 0.3 is 17.8 Å². The van der Waals surface area contributed by atoms with Crippen molar-refractivity contribution in [1.82, 2.24) is 19.6 Å². The number of aromatic nitrogens is 2. The number of aryl methyl sites for hydroxylation is 2. The largest absolute Gasteiger partial charge is 0.443 e. The molecule has 0 radical (unpaired) electrons. The molecule has 1 saturated carbocycles. The summed E-state index contributed by atoms with van der Waals surface area (Å²) in [5.74, 6) is 0. The Balaban J connectivity index is 2.03. The van der Waals surface area contributed by atoms with Crippen LogP contribution in [0.25, 0.3) is 10.2 Å². The molecule has 32 heavy (non-hydrogen) atoms. The highest BCUT2D eigenvalue weighted by molar-refractivity contribution is 7.18. The number of amides is 3. The summed E-state index contributed by atoms with van der Waals surface area (Å²) < 4.78 is 8.23. The van der Waals surface area contributed by atoms with Gasteiger partial charge in [-0.2, -0.15) is 0 Å². The van der Waals surface area contributed by atoms with E-state index in [-0.39, 0.29) is 23.8 Å². The topological polar surface area (TPSA) is 129 Å². The normalized spacial score (nSPS) is 13.9. The number of primary amides is 1. The molecule has 1 aliphatic rings. The van der Waals surface area contributed by atoms with Crippen molar-refractivity contribution in [3.63, 3.8) is 0 Å². The van der Waals surface area contributed by atoms with Crippen LogP contribution in [0.15, 0.2) is 9.59 Å². The molecule has 3 N–H and O–H groups in total. The maximum atomic E-state index is 13.2. The number of hydrazine groups is 1. The number of nitrogens with zero attached hydrogens (tertiary/aromatic N) is 3. The van der Waals surface area contributed by atoms with E-state index in [0.29, 0.717) is 27.2 Å². The Morgan fingerprint density at radius 1 is 1.28 bits per heavy atom. The molecule has 0 aromatic carbocycles. The Labute approximate surface area is 189 Å². The van der Waals surface area contributed by atoms with E-state index in [2.05, 4.69) is 5.43 Å². The summed E-state index contributed by atoms with van der Waals surface area (Å²) in [4.78, 5) is 51.7. The number of hydrogen-bond acceptors (Lipinski definition) is 6. The van der Waals surface area contributed by atoms with E-state index in [1.807, 2.05) is 6.92 Å². The van der Waals surface area contributed by atoms with Gasteiger partial charge in [0.15, 0.2) is 0 Å². The second kappa shape index (κ2) is 8.97. The van der Waals surface area contributed by atoms with Gasteiger partial charge < -0.3 is 10.5 Å². The fourth-order valence-corrected chi connectivity index (χ4v) is 4.76. The Morgan fingerprint density at radius 3 is 2.47 bits per heavy atom. The SMILES string of the molecule is CCCCn1c(=O)n(C2CC2)c(=O)c2c(C)c(CN(NC(=O)OC(C)(C)C)C(N)=O)sc21. The third-order valence-electron chi connectivity index (χ3n) is 5.18. The van der Waals surface area contributed by atoms with E-state index in [9.17, 15) is 19.2 Å². The van der Waals surface area contributed by atoms with E-state index in [4.69, 9.17) is 10.5 Å². The molecule has 3 rings (SSSR count). The lowest BCUT2D eigenvalue weighted by atomic mass is 10.2. The maximum absolute atomic E-state index is 13.2. The zero-order valence-electron chi connectivity index (χ0n) is 19.2. The Hall–Kier alpha value is -2.82. The van der Waals surface area contributed by atoms with Gasteiger partial charge in [-0.25, -0.2) is 24.8 Å². The van der Waals surface area contributed by atoms with Crippen LogP contribution in [0.2, 0.25) is 0 Å². The number of urea groups is 1. The number of thiophene rings is 1. The van der Waals surface area contributed by atoms with Crippen LogP contribution in [0, 0.1) is 6.92 Å². The third-order valence-corrected chi connectivity index (χ3v) is 6.48. The molecule has 0 bridgehead atoms. The zero-order chi connectivity index (χ0) is 23.8. The highest BCUT2D eigenvalue weighted by Gasteiger charge is 2.31. The van der Waals surface area contributed by atoms with Crippen LogP contribution in [-0.4, -0.2) is 31.9 Å². The summed E-state index contributed by atoms with van der Waals surface area (Å²) in [6.45, 7) is 9.40. The molecule has 10 nitrogen and oxygen atoms in total. The van der Waals surface area contributed by atoms with Crippen LogP contribution in [0.5, 0.6) is 0 Å². The van der Waals surface area contributed by atoms with Crippen molar-refractivity contribution in [2.75, 3.05) is 0 Å². The molecule has 0 atom stereocenters. The molecule has 1 aliphatic carbocycles. The zero-order valence-corrected chi connectivity index (χ0v) is 20.0. The summed E-state index contributed by atoms with van der Waals surface area (Å²) in [5, 5.41) is 1.42. The predicted octanol–water partition coefficient (Wildman–Crippen LogP) is 2.99. The molecule has 1 fully saturated rings. The summed E-state index contributed by atoms with van der Waals surface area (Å²) >= 11 is 1.26. The fraction of sp³-hybridized carbons (Fsp3) is 0.619. The average Bonchev–Trinajstić information content (AvgIpc) is 3.44. The first kappa shape index (κ1) is 23.8. The van der Waals surface area contributed by atoms with Crippen molar-refractivity contribution in [2.45, 2.75) is 85.0 Å². The molecule has 176 valence electrons. The van der Waals surface area contributed by atoms with Gasteiger partial charge in [0.25, 0.3) is 5.56 Å². The smallest absolute Gasteiger partial charge is 0.426 e. The van der Waals surface area contributed by atoms with E-state index < -0.39 is 17.7 Å². The van der Waals surface area contributed by atoms with Gasteiger partial charge in [0.1, 0.15) is 10.4 Å². The number of ether oxygens (including phenoxy) is 1. The van der Waals surface area contributed by atoms with Crippen LogP contribution in [0.4, 0.5) is 9.59 Å². The van der Waals surface area contributed by atoms with Crippen molar-refractivity contribution in [2.24, 2.45) is 5.73 Å². The highest BCUT2D eigenvalue weighted by atomic mass is 32.1. The van der Waals surface area contributed by atoms with Crippen molar-refractivity contribution in [3.8, 4) is 0 Å². The number of carbonyl (C=O) groups is 2. The predicted molar refractivity (Wildman–Crippen MR) is 123 cm³/mol. The highest BCUT2D eigenvalue weighted by Crippen LogP contribution is 2.34. The molecule has 2 aromatic rings. The minimum absolute atomic E-state index is 0.0500. The molecule has 0 saturated heterocycles.